The van der Waals surface area contributed by atoms with E-state index in [9.17, 15) is 4.79 Å². The summed E-state index contributed by atoms with van der Waals surface area (Å²) in [5.41, 5.74) is 0.205. The second-order valence-corrected chi connectivity index (χ2v) is 3.87. The fourth-order valence-corrected chi connectivity index (χ4v) is 2.44. The lowest BCUT2D eigenvalue weighted by molar-refractivity contribution is -0.152. The van der Waals surface area contributed by atoms with Crippen LogP contribution in [-0.2, 0) is 9.53 Å². The van der Waals surface area contributed by atoms with Gasteiger partial charge < -0.3 is 10.1 Å². The van der Waals surface area contributed by atoms with E-state index in [4.69, 9.17) is 4.74 Å². The first-order chi connectivity index (χ1) is 5.78. The second kappa shape index (κ2) is 2.73. The van der Waals surface area contributed by atoms with Gasteiger partial charge in [-0.3, -0.25) is 4.79 Å². The third-order valence-electron chi connectivity index (χ3n) is 3.30. The predicted molar refractivity (Wildman–Crippen MR) is 44.7 cm³/mol. The first kappa shape index (κ1) is 8.05. The molecule has 0 aromatic carbocycles. The van der Waals surface area contributed by atoms with Crippen LogP contribution in [0.1, 0.15) is 25.7 Å². The lowest BCUT2D eigenvalue weighted by Crippen LogP contribution is -2.56. The lowest BCUT2D eigenvalue weighted by atomic mass is 9.61. The number of piperidine rings is 1. The number of ether oxygens (including phenoxy) is 1. The summed E-state index contributed by atoms with van der Waals surface area (Å²) in [6.07, 6.45) is 4.50. The third kappa shape index (κ3) is 0.959. The highest BCUT2D eigenvalue weighted by atomic mass is 16.5. The van der Waals surface area contributed by atoms with Gasteiger partial charge in [0.15, 0.2) is 0 Å². The van der Waals surface area contributed by atoms with Crippen LogP contribution in [0.15, 0.2) is 0 Å². The summed E-state index contributed by atoms with van der Waals surface area (Å²) in [4.78, 5) is 11.4. The van der Waals surface area contributed by atoms with E-state index >= 15 is 0 Å². The van der Waals surface area contributed by atoms with Gasteiger partial charge in [0, 0.05) is 19.1 Å². The highest BCUT2D eigenvalue weighted by molar-refractivity contribution is 5.82. The Morgan fingerprint density at radius 3 is 2.67 bits per heavy atom. The Kier molecular flexibility index (Phi) is 1.83. The number of rotatable bonds is 1. The van der Waals surface area contributed by atoms with Gasteiger partial charge in [0.2, 0.25) is 5.91 Å². The second-order valence-electron chi connectivity index (χ2n) is 3.87. The van der Waals surface area contributed by atoms with Gasteiger partial charge in [-0.1, -0.05) is 6.42 Å². The molecular formula is C9H15NO2. The number of hydrogen-bond acceptors (Lipinski definition) is 2. The van der Waals surface area contributed by atoms with Crippen LogP contribution >= 0.6 is 0 Å². The maximum atomic E-state index is 11.4. The van der Waals surface area contributed by atoms with Gasteiger partial charge in [-0.25, -0.2) is 0 Å². The summed E-state index contributed by atoms with van der Waals surface area (Å²) in [6, 6.07) is 0. The van der Waals surface area contributed by atoms with Gasteiger partial charge in [-0.15, -0.1) is 0 Å². The zero-order chi connectivity index (χ0) is 8.60. The van der Waals surface area contributed by atoms with Crippen molar-refractivity contribution in [3.63, 3.8) is 0 Å². The Labute approximate surface area is 72.5 Å². The minimum Gasteiger partial charge on any atom is -0.371 e. The molecule has 68 valence electrons. The summed E-state index contributed by atoms with van der Waals surface area (Å²) in [5.74, 6) is 0.0865. The summed E-state index contributed by atoms with van der Waals surface area (Å²) in [6.45, 7) is 0.832. The number of hydrogen-bond donors (Lipinski definition) is 1. The maximum Gasteiger partial charge on any atom is 0.249 e. The van der Waals surface area contributed by atoms with Gasteiger partial charge in [0.1, 0.15) is 6.10 Å². The molecule has 2 aliphatic rings. The first-order valence-corrected chi connectivity index (χ1v) is 4.59. The summed E-state index contributed by atoms with van der Waals surface area (Å²) in [5, 5.41) is 2.84. The van der Waals surface area contributed by atoms with E-state index in [-0.39, 0.29) is 17.4 Å². The number of methoxy groups -OCH3 is 1. The third-order valence-corrected chi connectivity index (χ3v) is 3.30. The average Bonchev–Trinajstić information content (AvgIpc) is 2.01. The van der Waals surface area contributed by atoms with Crippen LogP contribution < -0.4 is 5.32 Å². The van der Waals surface area contributed by atoms with E-state index in [1.165, 1.54) is 19.3 Å². The molecule has 12 heavy (non-hydrogen) atoms. The molecule has 1 aliphatic heterocycles. The molecule has 1 heterocycles. The topological polar surface area (TPSA) is 38.3 Å². The van der Waals surface area contributed by atoms with Crippen LogP contribution in [0.25, 0.3) is 0 Å². The van der Waals surface area contributed by atoms with Gasteiger partial charge in [-0.2, -0.15) is 0 Å². The standard InChI is InChI=1S/C9H15NO2/c1-12-7-8(11)10-6-5-9(7)3-2-4-9/h7H,2-6H2,1H3,(H,10,11). The van der Waals surface area contributed by atoms with E-state index in [1.54, 1.807) is 7.11 Å². The van der Waals surface area contributed by atoms with Crippen molar-refractivity contribution in [2.24, 2.45) is 5.41 Å². The highest BCUT2D eigenvalue weighted by Crippen LogP contribution is 2.48. The van der Waals surface area contributed by atoms with Crippen molar-refractivity contribution >= 4 is 5.91 Å². The van der Waals surface area contributed by atoms with Crippen molar-refractivity contribution in [2.75, 3.05) is 13.7 Å². The molecule has 2 rings (SSSR count). The number of carbonyl (C=O) groups is 1. The molecular weight excluding hydrogens is 154 g/mol. The van der Waals surface area contributed by atoms with Crippen LogP contribution in [0.2, 0.25) is 0 Å². The smallest absolute Gasteiger partial charge is 0.249 e. The van der Waals surface area contributed by atoms with Crippen molar-refractivity contribution in [3.8, 4) is 0 Å². The molecule has 0 aromatic rings. The van der Waals surface area contributed by atoms with Gasteiger partial charge in [0.05, 0.1) is 0 Å². The van der Waals surface area contributed by atoms with Crippen LogP contribution in [0.3, 0.4) is 0 Å². The zero-order valence-corrected chi connectivity index (χ0v) is 7.43. The van der Waals surface area contributed by atoms with Crippen molar-refractivity contribution in [2.45, 2.75) is 31.8 Å². The molecule has 0 bridgehead atoms. The number of amides is 1. The van der Waals surface area contributed by atoms with Crippen LogP contribution in [-0.4, -0.2) is 25.7 Å². The molecule has 1 unspecified atom stereocenters. The van der Waals surface area contributed by atoms with Crippen molar-refractivity contribution in [1.29, 1.82) is 0 Å². The van der Waals surface area contributed by atoms with E-state index in [0.717, 1.165) is 13.0 Å². The highest BCUT2D eigenvalue weighted by Gasteiger charge is 2.49. The first-order valence-electron chi connectivity index (χ1n) is 4.59. The quantitative estimate of drug-likeness (QED) is 0.627. The minimum absolute atomic E-state index is 0.0865. The molecule has 3 heteroatoms. The van der Waals surface area contributed by atoms with Gasteiger partial charge in [0.25, 0.3) is 0 Å². The van der Waals surface area contributed by atoms with E-state index in [2.05, 4.69) is 5.32 Å². The molecule has 1 amide bonds. The monoisotopic (exact) mass is 169 g/mol. The van der Waals surface area contributed by atoms with Crippen LogP contribution in [0, 0.1) is 5.41 Å². The van der Waals surface area contributed by atoms with E-state index in [1.807, 2.05) is 0 Å². The molecule has 1 saturated heterocycles. The molecule has 2 fully saturated rings. The fraction of sp³-hybridized carbons (Fsp3) is 0.889. The zero-order valence-electron chi connectivity index (χ0n) is 7.43. The Morgan fingerprint density at radius 1 is 1.50 bits per heavy atom. The van der Waals surface area contributed by atoms with Gasteiger partial charge >= 0.3 is 0 Å². The molecule has 1 aliphatic carbocycles. The van der Waals surface area contributed by atoms with E-state index < -0.39 is 0 Å². The Hall–Kier alpha value is -0.570. The Balaban J connectivity index is 2.14. The number of nitrogens with one attached hydrogen (secondary N) is 1. The number of carbonyl (C=O) groups excluding carboxylic acids is 1. The fourth-order valence-electron chi connectivity index (χ4n) is 2.44. The van der Waals surface area contributed by atoms with E-state index in [0.29, 0.717) is 0 Å². The summed E-state index contributed by atoms with van der Waals surface area (Å²) >= 11 is 0. The minimum atomic E-state index is -0.181. The summed E-state index contributed by atoms with van der Waals surface area (Å²) in [7, 11) is 1.63. The molecule has 1 N–H and O–H groups in total. The maximum absolute atomic E-state index is 11.4. The summed E-state index contributed by atoms with van der Waals surface area (Å²) < 4.78 is 5.25. The molecule has 1 atom stereocenters. The molecule has 3 nitrogen and oxygen atoms in total. The largest absolute Gasteiger partial charge is 0.371 e. The van der Waals surface area contributed by atoms with Crippen molar-refractivity contribution in [1.82, 2.24) is 5.32 Å². The van der Waals surface area contributed by atoms with Gasteiger partial charge in [-0.05, 0) is 19.3 Å². The molecule has 1 spiro atoms. The van der Waals surface area contributed by atoms with Crippen LogP contribution in [0.5, 0.6) is 0 Å². The van der Waals surface area contributed by atoms with Crippen molar-refractivity contribution < 1.29 is 9.53 Å². The molecule has 0 radical (unpaired) electrons. The van der Waals surface area contributed by atoms with Crippen LogP contribution in [0.4, 0.5) is 0 Å². The molecule has 0 aromatic heterocycles. The lowest BCUT2D eigenvalue weighted by Gasteiger charge is -2.48. The van der Waals surface area contributed by atoms with Crippen molar-refractivity contribution in [3.05, 3.63) is 0 Å². The Bertz CT molecular complexity index is 199. The predicted octanol–water partition coefficient (Wildman–Crippen LogP) is 0.692. The average molecular weight is 169 g/mol. The normalized spacial score (nSPS) is 32.8. The Morgan fingerprint density at radius 2 is 2.25 bits per heavy atom. The SMILES string of the molecule is COC1C(=O)NCCC12CCC2. The molecule has 1 saturated carbocycles.